The number of nitrogens with one attached hydrogen (secondary N) is 2. The molecule has 0 bridgehead atoms. The fourth-order valence-electron chi connectivity index (χ4n) is 4.40. The maximum atomic E-state index is 9.95. The first kappa shape index (κ1) is 27.1. The molecule has 2 aliphatic heterocycles. The topological polar surface area (TPSA) is 97.9 Å². The van der Waals surface area contributed by atoms with E-state index in [4.69, 9.17) is 18.9 Å². The SMILES string of the molecule is CC1(C)OCc2cccc(CCC(CO)CNCc3cccc4c3OC(C)(C)OC4)c2O1.c1c[nH]cn1. The number of hydrogen-bond acceptors (Lipinski definition) is 7. The zero-order valence-electron chi connectivity index (χ0n) is 22.3. The number of nitrogens with zero attached hydrogens (tertiary/aromatic N) is 1. The van der Waals surface area contributed by atoms with E-state index in [-0.39, 0.29) is 12.5 Å². The molecule has 3 N–H and O–H groups in total. The van der Waals surface area contributed by atoms with E-state index < -0.39 is 11.6 Å². The van der Waals surface area contributed by atoms with Gasteiger partial charge in [0.2, 0.25) is 11.6 Å². The average molecular weight is 510 g/mol. The Hall–Kier alpha value is -2.91. The van der Waals surface area contributed by atoms with E-state index in [1.165, 1.54) is 5.56 Å². The summed E-state index contributed by atoms with van der Waals surface area (Å²) < 4.78 is 23.7. The number of aromatic nitrogens is 2. The summed E-state index contributed by atoms with van der Waals surface area (Å²) in [6.07, 6.45) is 6.80. The van der Waals surface area contributed by atoms with Crippen LogP contribution in [0.1, 0.15) is 56.4 Å². The molecule has 1 unspecified atom stereocenters. The molecule has 8 heteroatoms. The third kappa shape index (κ3) is 7.55. The summed E-state index contributed by atoms with van der Waals surface area (Å²) in [5.41, 5.74) is 4.44. The Labute approximate surface area is 219 Å². The van der Waals surface area contributed by atoms with Crippen molar-refractivity contribution in [3.05, 3.63) is 77.4 Å². The lowest BCUT2D eigenvalue weighted by Crippen LogP contribution is -2.36. The largest absolute Gasteiger partial charge is 0.462 e. The van der Waals surface area contributed by atoms with Crippen molar-refractivity contribution in [2.24, 2.45) is 5.92 Å². The number of para-hydroxylation sites is 2. The minimum absolute atomic E-state index is 0.141. The van der Waals surface area contributed by atoms with Gasteiger partial charge in [0.05, 0.1) is 19.5 Å². The summed E-state index contributed by atoms with van der Waals surface area (Å²) in [6.45, 7) is 10.4. The molecule has 2 aromatic carbocycles. The maximum absolute atomic E-state index is 9.95. The van der Waals surface area contributed by atoms with Gasteiger partial charge in [0.15, 0.2) is 0 Å². The number of benzene rings is 2. The number of fused-ring (bicyclic) bond motifs is 2. The van der Waals surface area contributed by atoms with Crippen molar-refractivity contribution in [1.82, 2.24) is 15.3 Å². The second-order valence-electron chi connectivity index (χ2n) is 10.4. The molecule has 8 nitrogen and oxygen atoms in total. The first-order valence-electron chi connectivity index (χ1n) is 12.9. The quantitative estimate of drug-likeness (QED) is 0.404. The van der Waals surface area contributed by atoms with Gasteiger partial charge in [0.1, 0.15) is 11.5 Å². The van der Waals surface area contributed by atoms with E-state index in [2.05, 4.69) is 33.5 Å². The molecule has 37 heavy (non-hydrogen) atoms. The lowest BCUT2D eigenvalue weighted by Gasteiger charge is -2.34. The third-order valence-electron chi connectivity index (χ3n) is 6.44. The number of aliphatic hydroxyl groups excluding tert-OH is 1. The summed E-state index contributed by atoms with van der Waals surface area (Å²) in [6, 6.07) is 12.4. The Morgan fingerprint density at radius 3 is 2.11 bits per heavy atom. The number of hydrogen-bond donors (Lipinski definition) is 3. The van der Waals surface area contributed by atoms with Crippen molar-refractivity contribution in [3.63, 3.8) is 0 Å². The van der Waals surface area contributed by atoms with Crippen LogP contribution in [0.2, 0.25) is 0 Å². The van der Waals surface area contributed by atoms with Crippen molar-refractivity contribution < 1.29 is 24.1 Å². The molecule has 0 radical (unpaired) electrons. The molecule has 200 valence electrons. The van der Waals surface area contributed by atoms with Gasteiger partial charge in [-0.2, -0.15) is 0 Å². The number of aromatic amines is 1. The van der Waals surface area contributed by atoms with Gasteiger partial charge in [-0.3, -0.25) is 0 Å². The van der Waals surface area contributed by atoms with E-state index in [0.717, 1.165) is 47.6 Å². The van der Waals surface area contributed by atoms with Gasteiger partial charge in [-0.15, -0.1) is 0 Å². The highest BCUT2D eigenvalue weighted by Gasteiger charge is 2.30. The fraction of sp³-hybridized carbons (Fsp3) is 0.483. The summed E-state index contributed by atoms with van der Waals surface area (Å²) in [7, 11) is 0. The monoisotopic (exact) mass is 509 g/mol. The van der Waals surface area contributed by atoms with Crippen LogP contribution in [-0.4, -0.2) is 39.8 Å². The normalized spacial score (nSPS) is 17.8. The lowest BCUT2D eigenvalue weighted by atomic mass is 9.97. The highest BCUT2D eigenvalue weighted by molar-refractivity contribution is 5.43. The molecule has 0 spiro atoms. The Bertz CT molecular complexity index is 1110. The van der Waals surface area contributed by atoms with Gasteiger partial charge < -0.3 is 34.4 Å². The third-order valence-corrected chi connectivity index (χ3v) is 6.44. The van der Waals surface area contributed by atoms with E-state index in [1.54, 1.807) is 18.7 Å². The molecule has 5 rings (SSSR count). The molecule has 3 aromatic rings. The smallest absolute Gasteiger partial charge is 0.205 e. The molecular weight excluding hydrogens is 470 g/mol. The molecule has 1 atom stereocenters. The Balaban J connectivity index is 0.000000572. The highest BCUT2D eigenvalue weighted by Crippen LogP contribution is 2.36. The minimum atomic E-state index is -0.618. The van der Waals surface area contributed by atoms with Crippen molar-refractivity contribution in [2.75, 3.05) is 13.2 Å². The van der Waals surface area contributed by atoms with Crippen LogP contribution in [0.4, 0.5) is 0 Å². The van der Waals surface area contributed by atoms with Crippen LogP contribution in [-0.2, 0) is 35.7 Å². The van der Waals surface area contributed by atoms with E-state index in [9.17, 15) is 5.11 Å². The molecule has 0 aliphatic carbocycles. The van der Waals surface area contributed by atoms with Crippen molar-refractivity contribution in [3.8, 4) is 11.5 Å². The number of H-pyrrole nitrogens is 1. The van der Waals surface area contributed by atoms with E-state index in [1.807, 2.05) is 45.9 Å². The van der Waals surface area contributed by atoms with Crippen LogP contribution >= 0.6 is 0 Å². The second-order valence-corrected chi connectivity index (χ2v) is 10.4. The minimum Gasteiger partial charge on any atom is -0.462 e. The molecule has 0 fully saturated rings. The van der Waals surface area contributed by atoms with E-state index in [0.29, 0.717) is 19.8 Å². The summed E-state index contributed by atoms with van der Waals surface area (Å²) in [5, 5.41) is 13.5. The van der Waals surface area contributed by atoms with E-state index >= 15 is 0 Å². The summed E-state index contributed by atoms with van der Waals surface area (Å²) in [5.74, 6) is 0.769. The Morgan fingerprint density at radius 2 is 1.57 bits per heavy atom. The zero-order chi connectivity index (χ0) is 26.3. The molecule has 0 saturated heterocycles. The highest BCUT2D eigenvalue weighted by atomic mass is 16.7. The van der Waals surface area contributed by atoms with Gasteiger partial charge in [0.25, 0.3) is 0 Å². The van der Waals surface area contributed by atoms with Crippen LogP contribution in [0.15, 0.2) is 55.1 Å². The Kier molecular flexibility index (Phi) is 8.87. The van der Waals surface area contributed by atoms with Crippen LogP contribution in [0.5, 0.6) is 11.5 Å². The van der Waals surface area contributed by atoms with Crippen LogP contribution < -0.4 is 14.8 Å². The lowest BCUT2D eigenvalue weighted by molar-refractivity contribution is -0.180. The van der Waals surface area contributed by atoms with Crippen molar-refractivity contribution in [2.45, 2.75) is 71.9 Å². The standard InChI is InChI=1S/C26H35NO5.C3H4N2/c1-25(2)29-16-21-9-5-7-19(23(21)31-25)12-11-18(15-28)13-27-14-20-8-6-10-22-17-30-26(3,4)32-24(20)22;1-2-5-3-4-1/h5-10,18,27-28H,11-17H2,1-4H3;1-3H,(H,4,5). The first-order valence-corrected chi connectivity index (χ1v) is 12.9. The number of ether oxygens (including phenoxy) is 4. The predicted octanol–water partition coefficient (Wildman–Crippen LogP) is 4.72. The zero-order valence-corrected chi connectivity index (χ0v) is 22.3. The molecule has 3 heterocycles. The van der Waals surface area contributed by atoms with Crippen molar-refractivity contribution >= 4 is 0 Å². The number of rotatable bonds is 8. The second kappa shape index (κ2) is 12.1. The van der Waals surface area contributed by atoms with Gasteiger partial charge in [-0.05, 0) is 24.3 Å². The molecule has 0 saturated carbocycles. The van der Waals surface area contributed by atoms with Gasteiger partial charge in [-0.1, -0.05) is 36.4 Å². The first-order chi connectivity index (χ1) is 17.8. The van der Waals surface area contributed by atoms with Crippen LogP contribution in [0, 0.1) is 5.92 Å². The fourth-order valence-corrected chi connectivity index (χ4v) is 4.40. The van der Waals surface area contributed by atoms with Crippen molar-refractivity contribution in [1.29, 1.82) is 0 Å². The van der Waals surface area contributed by atoms with Crippen LogP contribution in [0.25, 0.3) is 0 Å². The molecule has 2 aliphatic rings. The summed E-state index contributed by atoms with van der Waals surface area (Å²) in [4.78, 5) is 6.42. The Morgan fingerprint density at radius 1 is 0.946 bits per heavy atom. The predicted molar refractivity (Wildman–Crippen MR) is 141 cm³/mol. The van der Waals surface area contributed by atoms with Crippen LogP contribution in [0.3, 0.4) is 0 Å². The maximum Gasteiger partial charge on any atom is 0.205 e. The average Bonchev–Trinajstić information content (AvgIpc) is 3.46. The number of aryl methyl sites for hydroxylation is 1. The summed E-state index contributed by atoms with van der Waals surface area (Å²) >= 11 is 0. The molecular formula is C29H39N3O5. The van der Waals surface area contributed by atoms with Gasteiger partial charge >= 0.3 is 0 Å². The van der Waals surface area contributed by atoms with Gasteiger partial charge in [-0.25, -0.2) is 4.98 Å². The van der Waals surface area contributed by atoms with Gasteiger partial charge in [0, 0.05) is 76.5 Å². The molecule has 1 aromatic heterocycles. The molecule has 0 amide bonds. The number of aliphatic hydroxyl groups is 1. The number of imidazole rings is 1.